The molecule has 0 saturated heterocycles. The molecule has 0 aliphatic heterocycles. The lowest BCUT2D eigenvalue weighted by molar-refractivity contribution is -0.131. The van der Waals surface area contributed by atoms with E-state index in [0.717, 1.165) is 22.9 Å². The largest absolute Gasteiger partial charge is 0.508 e. The number of sulfone groups is 1. The fourth-order valence-electron chi connectivity index (χ4n) is 2.51. The second-order valence-electron chi connectivity index (χ2n) is 6.19. The third-order valence-corrected chi connectivity index (χ3v) is 6.40. The first-order chi connectivity index (χ1) is 11.6. The van der Waals surface area contributed by atoms with Crippen molar-refractivity contribution in [3.05, 3.63) is 36.2 Å². The fraction of sp³-hybridized carbons (Fsp3) is 0.375. The Morgan fingerprint density at radius 3 is 2.64 bits per heavy atom. The zero-order valence-corrected chi connectivity index (χ0v) is 15.0. The fourth-order valence-corrected chi connectivity index (χ4v) is 3.35. The van der Waals surface area contributed by atoms with E-state index in [-0.39, 0.29) is 18.7 Å². The van der Waals surface area contributed by atoms with Gasteiger partial charge in [0, 0.05) is 24.6 Å². The van der Waals surface area contributed by atoms with Gasteiger partial charge in [-0.15, -0.1) is 0 Å². The third-order valence-electron chi connectivity index (χ3n) is 4.37. The number of nitrogens with one attached hydrogen (secondary N) is 1. The van der Waals surface area contributed by atoms with Crippen molar-refractivity contribution in [3.63, 3.8) is 0 Å². The van der Waals surface area contributed by atoms with Crippen molar-refractivity contribution in [2.75, 3.05) is 6.26 Å². The summed E-state index contributed by atoms with van der Waals surface area (Å²) in [6, 6.07) is 4.98. The van der Waals surface area contributed by atoms with Gasteiger partial charge in [0.05, 0.1) is 6.20 Å². The first-order valence-corrected chi connectivity index (χ1v) is 9.44. The number of amides is 1. The molecule has 1 atom stereocenters. The van der Waals surface area contributed by atoms with Crippen LogP contribution in [-0.2, 0) is 21.2 Å². The van der Waals surface area contributed by atoms with E-state index in [2.05, 4.69) is 5.10 Å². The van der Waals surface area contributed by atoms with E-state index in [1.807, 2.05) is 6.92 Å². The molecule has 0 radical (unpaired) electrons. The van der Waals surface area contributed by atoms with Crippen LogP contribution in [-0.4, -0.2) is 45.4 Å². The monoisotopic (exact) mass is 367 g/mol. The number of hydrogen-bond donors (Lipinski definition) is 3. The summed E-state index contributed by atoms with van der Waals surface area (Å²) in [5, 5.41) is 22.5. The van der Waals surface area contributed by atoms with Crippen molar-refractivity contribution in [3.8, 4) is 16.9 Å². The Morgan fingerprint density at radius 2 is 2.08 bits per heavy atom. The van der Waals surface area contributed by atoms with E-state index in [4.69, 9.17) is 5.21 Å². The maximum absolute atomic E-state index is 12.0. The summed E-state index contributed by atoms with van der Waals surface area (Å²) in [6.07, 6.45) is 4.27. The normalized spacial score (nSPS) is 14.1. The van der Waals surface area contributed by atoms with Gasteiger partial charge in [0.15, 0.2) is 14.6 Å². The SMILES string of the molecule is Cc1cc(O)ccc1-c1cnn(CCC(C)(C(=O)NO)S(C)(=O)=O)c1. The molecule has 1 aromatic carbocycles. The molecule has 8 nitrogen and oxygen atoms in total. The number of aromatic hydroxyl groups is 1. The molecule has 3 N–H and O–H groups in total. The van der Waals surface area contributed by atoms with Gasteiger partial charge in [0.1, 0.15) is 5.75 Å². The van der Waals surface area contributed by atoms with Gasteiger partial charge in [0.2, 0.25) is 0 Å². The number of rotatable bonds is 6. The van der Waals surface area contributed by atoms with Crippen LogP contribution in [0.4, 0.5) is 0 Å². The van der Waals surface area contributed by atoms with Crippen molar-refractivity contribution in [1.29, 1.82) is 0 Å². The Morgan fingerprint density at radius 1 is 1.40 bits per heavy atom. The molecular weight excluding hydrogens is 346 g/mol. The van der Waals surface area contributed by atoms with Crippen molar-refractivity contribution >= 4 is 15.7 Å². The van der Waals surface area contributed by atoms with E-state index < -0.39 is 20.5 Å². The van der Waals surface area contributed by atoms with Gasteiger partial charge in [-0.2, -0.15) is 5.10 Å². The van der Waals surface area contributed by atoms with Gasteiger partial charge in [-0.05, 0) is 43.5 Å². The molecule has 136 valence electrons. The van der Waals surface area contributed by atoms with Gasteiger partial charge in [-0.1, -0.05) is 6.07 Å². The maximum Gasteiger partial charge on any atom is 0.264 e. The Hall–Kier alpha value is -2.39. The van der Waals surface area contributed by atoms with Gasteiger partial charge in [0.25, 0.3) is 5.91 Å². The first-order valence-electron chi connectivity index (χ1n) is 7.55. The Labute approximate surface area is 146 Å². The molecular formula is C16H21N3O5S. The topological polar surface area (TPSA) is 122 Å². The van der Waals surface area contributed by atoms with Gasteiger partial charge >= 0.3 is 0 Å². The minimum absolute atomic E-state index is 0.0477. The standard InChI is InChI=1S/C16H21N3O5S/c1-11-8-13(20)4-5-14(11)12-9-17-19(10-12)7-6-16(2,15(21)18-22)25(3,23)24/h4-5,8-10,20,22H,6-7H2,1-3H3,(H,18,21). The summed E-state index contributed by atoms with van der Waals surface area (Å²) < 4.78 is 23.7. The van der Waals surface area contributed by atoms with E-state index in [9.17, 15) is 18.3 Å². The van der Waals surface area contributed by atoms with E-state index in [1.54, 1.807) is 30.6 Å². The zero-order chi connectivity index (χ0) is 18.8. The quantitative estimate of drug-likeness (QED) is 0.522. The molecule has 0 saturated carbocycles. The lowest BCUT2D eigenvalue weighted by atomic mass is 10.0. The average Bonchev–Trinajstić information content (AvgIpc) is 2.99. The highest BCUT2D eigenvalue weighted by Gasteiger charge is 2.43. The predicted octanol–water partition coefficient (Wildman–Crippen LogP) is 1.26. The minimum atomic E-state index is -3.74. The summed E-state index contributed by atoms with van der Waals surface area (Å²) in [5.74, 6) is -0.802. The number of carbonyl (C=O) groups excluding carboxylic acids is 1. The van der Waals surface area contributed by atoms with Crippen LogP contribution in [0, 0.1) is 6.92 Å². The summed E-state index contributed by atoms with van der Waals surface area (Å²) in [7, 11) is -3.74. The zero-order valence-electron chi connectivity index (χ0n) is 14.2. The van der Waals surface area contributed by atoms with Crippen LogP contribution in [0.2, 0.25) is 0 Å². The van der Waals surface area contributed by atoms with Crippen LogP contribution in [0.25, 0.3) is 11.1 Å². The van der Waals surface area contributed by atoms with Crippen molar-refractivity contribution < 1.29 is 23.5 Å². The van der Waals surface area contributed by atoms with E-state index in [0.29, 0.717) is 0 Å². The molecule has 1 amide bonds. The highest BCUT2D eigenvalue weighted by molar-refractivity contribution is 7.92. The average molecular weight is 367 g/mol. The molecule has 1 unspecified atom stereocenters. The number of nitrogens with zero attached hydrogens (tertiary/aromatic N) is 2. The molecule has 2 rings (SSSR count). The molecule has 1 aromatic heterocycles. The van der Waals surface area contributed by atoms with Crippen LogP contribution < -0.4 is 5.48 Å². The molecule has 0 bridgehead atoms. The second-order valence-corrected chi connectivity index (χ2v) is 8.63. The first kappa shape index (κ1) is 18.9. The molecule has 0 spiro atoms. The molecule has 0 aliphatic carbocycles. The van der Waals surface area contributed by atoms with Crippen LogP contribution in [0.15, 0.2) is 30.6 Å². The van der Waals surface area contributed by atoms with Gasteiger partial charge < -0.3 is 5.11 Å². The van der Waals surface area contributed by atoms with Gasteiger partial charge in [-0.3, -0.25) is 14.7 Å². The summed E-state index contributed by atoms with van der Waals surface area (Å²) in [4.78, 5) is 11.8. The summed E-state index contributed by atoms with van der Waals surface area (Å²) >= 11 is 0. The predicted molar refractivity (Wildman–Crippen MR) is 91.9 cm³/mol. The molecule has 0 fully saturated rings. The lowest BCUT2D eigenvalue weighted by Crippen LogP contribution is -2.49. The van der Waals surface area contributed by atoms with Crippen LogP contribution in [0.3, 0.4) is 0 Å². The highest BCUT2D eigenvalue weighted by Crippen LogP contribution is 2.27. The Balaban J connectivity index is 2.22. The molecule has 25 heavy (non-hydrogen) atoms. The number of phenolic OH excluding ortho intramolecular Hbond substituents is 1. The molecule has 1 heterocycles. The lowest BCUT2D eigenvalue weighted by Gasteiger charge is -2.24. The molecule has 0 aliphatic rings. The summed E-state index contributed by atoms with van der Waals surface area (Å²) in [6.45, 7) is 3.30. The van der Waals surface area contributed by atoms with Crippen LogP contribution in [0.1, 0.15) is 18.9 Å². The van der Waals surface area contributed by atoms with Gasteiger partial charge in [-0.25, -0.2) is 13.9 Å². The van der Waals surface area contributed by atoms with Crippen molar-refractivity contribution in [2.24, 2.45) is 0 Å². The molecule has 2 aromatic rings. The number of hydrogen-bond acceptors (Lipinski definition) is 6. The molecule has 9 heteroatoms. The number of aromatic nitrogens is 2. The highest BCUT2D eigenvalue weighted by atomic mass is 32.2. The summed E-state index contributed by atoms with van der Waals surface area (Å²) in [5.41, 5.74) is 4.00. The Bertz CT molecular complexity index is 891. The van der Waals surface area contributed by atoms with Crippen LogP contribution in [0.5, 0.6) is 5.75 Å². The minimum Gasteiger partial charge on any atom is -0.508 e. The van der Waals surface area contributed by atoms with E-state index >= 15 is 0 Å². The number of phenols is 1. The van der Waals surface area contributed by atoms with Crippen LogP contribution >= 0.6 is 0 Å². The van der Waals surface area contributed by atoms with Crippen molar-refractivity contribution in [2.45, 2.75) is 31.6 Å². The number of carbonyl (C=O) groups is 1. The number of hydroxylamine groups is 1. The second kappa shape index (κ2) is 6.85. The smallest absolute Gasteiger partial charge is 0.264 e. The number of aryl methyl sites for hydroxylation is 2. The third kappa shape index (κ3) is 3.83. The number of benzene rings is 1. The van der Waals surface area contributed by atoms with E-state index in [1.165, 1.54) is 17.1 Å². The maximum atomic E-state index is 12.0. The Kier molecular flexibility index (Phi) is 5.19. The van der Waals surface area contributed by atoms with Crippen molar-refractivity contribution in [1.82, 2.24) is 15.3 Å².